The van der Waals surface area contributed by atoms with Gasteiger partial charge in [0.25, 0.3) is 0 Å². The molecular formula is C28H51N3O10. The molecule has 6 N–H and O–H groups in total. The van der Waals surface area contributed by atoms with Crippen molar-refractivity contribution in [3.63, 3.8) is 0 Å². The molecule has 0 saturated carbocycles. The molecule has 0 aromatic heterocycles. The van der Waals surface area contributed by atoms with Gasteiger partial charge in [-0.1, -0.05) is 12.8 Å². The molecule has 41 heavy (non-hydrogen) atoms. The van der Waals surface area contributed by atoms with Crippen LogP contribution < -0.4 is 10.6 Å². The molecule has 3 amide bonds. The molecule has 2 aliphatic rings. The Hall–Kier alpha value is -1.87. The van der Waals surface area contributed by atoms with Crippen molar-refractivity contribution in [3.8, 4) is 0 Å². The van der Waals surface area contributed by atoms with E-state index in [9.17, 15) is 34.8 Å². The van der Waals surface area contributed by atoms with E-state index in [1.807, 2.05) is 13.8 Å². The molecule has 2 rings (SSSR count). The Kier molecular flexibility index (Phi) is 16.0. The number of aliphatic hydroxyl groups is 4. The number of aliphatic hydroxyl groups excluding tert-OH is 4. The van der Waals surface area contributed by atoms with Gasteiger partial charge in [0.05, 0.1) is 31.5 Å². The zero-order chi connectivity index (χ0) is 30.4. The molecule has 2 heterocycles. The first-order chi connectivity index (χ1) is 19.5. The van der Waals surface area contributed by atoms with Crippen LogP contribution >= 0.6 is 0 Å². The number of hydrogen-bond acceptors (Lipinski definition) is 10. The van der Waals surface area contributed by atoms with Crippen molar-refractivity contribution in [2.45, 2.75) is 127 Å². The Balaban J connectivity index is 1.53. The van der Waals surface area contributed by atoms with E-state index in [0.717, 1.165) is 25.7 Å². The maximum Gasteiger partial charge on any atom is 0.222 e. The summed E-state index contributed by atoms with van der Waals surface area (Å²) in [5, 5.41) is 45.1. The van der Waals surface area contributed by atoms with Crippen molar-refractivity contribution in [2.24, 2.45) is 0 Å². The monoisotopic (exact) mass is 589 g/mol. The number of ether oxygens (including phenoxy) is 3. The molecule has 238 valence electrons. The van der Waals surface area contributed by atoms with Crippen LogP contribution in [0.3, 0.4) is 0 Å². The van der Waals surface area contributed by atoms with Gasteiger partial charge >= 0.3 is 0 Å². The zero-order valence-electron chi connectivity index (χ0n) is 24.7. The predicted molar refractivity (Wildman–Crippen MR) is 148 cm³/mol. The summed E-state index contributed by atoms with van der Waals surface area (Å²) in [5.41, 5.74) is 0. The summed E-state index contributed by atoms with van der Waals surface area (Å²) in [6, 6.07) is -1.05. The smallest absolute Gasteiger partial charge is 0.222 e. The molecule has 0 spiro atoms. The van der Waals surface area contributed by atoms with Gasteiger partial charge < -0.3 is 50.2 Å². The van der Waals surface area contributed by atoms with Gasteiger partial charge in [0, 0.05) is 39.5 Å². The van der Waals surface area contributed by atoms with Gasteiger partial charge in [-0.25, -0.2) is 0 Å². The second kappa shape index (κ2) is 18.6. The molecule has 2 saturated heterocycles. The zero-order valence-corrected chi connectivity index (χ0v) is 24.7. The normalized spacial score (nSPS) is 28.2. The molecule has 0 aromatic carbocycles. The van der Waals surface area contributed by atoms with Crippen molar-refractivity contribution in [2.75, 3.05) is 32.9 Å². The number of nitrogens with zero attached hydrogens (tertiary/aromatic N) is 1. The SMILES string of the molecule is CC(=O)NC1C(OCCCCCC(=O)NCCCCCC(=O)N2C[C@H](O)C[C@H]2COC(C)C)OC(CO)C(O)C1O. The van der Waals surface area contributed by atoms with Crippen LogP contribution in [-0.4, -0.2) is 125 Å². The molecule has 0 bridgehead atoms. The Labute approximate surface area is 242 Å². The van der Waals surface area contributed by atoms with Crippen molar-refractivity contribution >= 4 is 17.7 Å². The third-order valence-corrected chi connectivity index (χ3v) is 7.31. The molecule has 13 heteroatoms. The number of nitrogens with one attached hydrogen (secondary N) is 2. The second-order valence-electron chi connectivity index (χ2n) is 11.2. The highest BCUT2D eigenvalue weighted by Crippen LogP contribution is 2.23. The third kappa shape index (κ3) is 12.5. The largest absolute Gasteiger partial charge is 0.394 e. The minimum atomic E-state index is -1.36. The van der Waals surface area contributed by atoms with Gasteiger partial charge in [-0.2, -0.15) is 0 Å². The fraction of sp³-hybridized carbons (Fsp3) is 0.893. The highest BCUT2D eigenvalue weighted by atomic mass is 16.7. The number of unbranched alkanes of at least 4 members (excludes halogenated alkanes) is 4. The van der Waals surface area contributed by atoms with E-state index in [4.69, 9.17) is 14.2 Å². The number of carbonyl (C=O) groups excluding carboxylic acids is 3. The molecule has 13 nitrogen and oxygen atoms in total. The van der Waals surface area contributed by atoms with Crippen LogP contribution in [0.1, 0.15) is 78.6 Å². The van der Waals surface area contributed by atoms with Gasteiger partial charge in [0.1, 0.15) is 24.4 Å². The lowest BCUT2D eigenvalue weighted by atomic mass is 9.97. The number of likely N-dealkylation sites (tertiary alicyclic amines) is 1. The van der Waals surface area contributed by atoms with Crippen molar-refractivity contribution in [1.29, 1.82) is 0 Å². The fourth-order valence-electron chi connectivity index (χ4n) is 5.07. The van der Waals surface area contributed by atoms with Crippen molar-refractivity contribution in [1.82, 2.24) is 15.5 Å². The van der Waals surface area contributed by atoms with Crippen LogP contribution in [0.4, 0.5) is 0 Å². The van der Waals surface area contributed by atoms with Crippen LogP contribution in [-0.2, 0) is 28.6 Å². The van der Waals surface area contributed by atoms with E-state index in [0.29, 0.717) is 51.8 Å². The standard InChI is InChI=1S/C28H51N3O10/c1-18(2)40-17-20-14-21(34)15-31(20)24(36)11-7-4-8-12-29-23(35)10-6-5-9-13-39-28-25(30-19(3)33)27(38)26(37)22(16-32)41-28/h18,20-22,25-28,32,34,37-38H,4-17H2,1-3H3,(H,29,35)(H,30,33)/t20-,21+,22?,25?,26?,27?,28?/m0/s1. The van der Waals surface area contributed by atoms with Gasteiger partial charge in [-0.15, -0.1) is 0 Å². The van der Waals surface area contributed by atoms with Crippen LogP contribution in [0.2, 0.25) is 0 Å². The maximum atomic E-state index is 12.6. The molecule has 2 fully saturated rings. The average Bonchev–Trinajstić information content (AvgIpc) is 3.30. The van der Waals surface area contributed by atoms with Crippen LogP contribution in [0.25, 0.3) is 0 Å². The molecule has 0 aromatic rings. The number of rotatable bonds is 18. The second-order valence-corrected chi connectivity index (χ2v) is 11.2. The van der Waals surface area contributed by atoms with Gasteiger partial charge in [-0.3, -0.25) is 14.4 Å². The summed E-state index contributed by atoms with van der Waals surface area (Å²) in [6.45, 7) is 6.27. The van der Waals surface area contributed by atoms with Crippen LogP contribution in [0.5, 0.6) is 0 Å². The van der Waals surface area contributed by atoms with E-state index in [2.05, 4.69) is 10.6 Å². The lowest BCUT2D eigenvalue weighted by Crippen LogP contribution is -2.64. The molecule has 5 unspecified atom stereocenters. The fourth-order valence-corrected chi connectivity index (χ4v) is 5.07. The molecule has 0 radical (unpaired) electrons. The minimum absolute atomic E-state index is 0.0367. The summed E-state index contributed by atoms with van der Waals surface area (Å²) >= 11 is 0. The summed E-state index contributed by atoms with van der Waals surface area (Å²) in [5.74, 6) is -0.413. The van der Waals surface area contributed by atoms with E-state index in [1.54, 1.807) is 4.90 Å². The molecule has 7 atom stereocenters. The molecule has 0 aliphatic carbocycles. The summed E-state index contributed by atoms with van der Waals surface area (Å²) < 4.78 is 16.8. The number of carbonyl (C=O) groups is 3. The van der Waals surface area contributed by atoms with Gasteiger partial charge in [0.15, 0.2) is 6.29 Å². The lowest BCUT2D eigenvalue weighted by molar-refractivity contribution is -0.270. The number of β-amino-alcohol motifs (C(OH)–C–C–N with tert-alkyl or cyclic N) is 1. The first-order valence-electron chi connectivity index (χ1n) is 14.9. The summed E-state index contributed by atoms with van der Waals surface area (Å²) in [6.07, 6.45) is 0.493. The van der Waals surface area contributed by atoms with Crippen molar-refractivity contribution in [3.05, 3.63) is 0 Å². The van der Waals surface area contributed by atoms with Gasteiger partial charge in [0.2, 0.25) is 17.7 Å². The maximum absolute atomic E-state index is 12.6. The first kappa shape index (κ1) is 35.3. The quantitative estimate of drug-likeness (QED) is 0.115. The van der Waals surface area contributed by atoms with E-state index < -0.39 is 49.3 Å². The topological polar surface area (TPSA) is 187 Å². The Bertz CT molecular complexity index is 801. The Morgan fingerprint density at radius 3 is 2.39 bits per heavy atom. The van der Waals surface area contributed by atoms with Crippen LogP contribution in [0, 0.1) is 0 Å². The van der Waals surface area contributed by atoms with Crippen molar-refractivity contribution < 1.29 is 49.0 Å². The average molecular weight is 590 g/mol. The highest BCUT2D eigenvalue weighted by molar-refractivity contribution is 5.77. The molecule has 2 aliphatic heterocycles. The highest BCUT2D eigenvalue weighted by Gasteiger charge is 2.45. The minimum Gasteiger partial charge on any atom is -0.394 e. The number of amides is 3. The molecular weight excluding hydrogens is 538 g/mol. The Morgan fingerprint density at radius 2 is 1.71 bits per heavy atom. The predicted octanol–water partition coefficient (Wildman–Crippen LogP) is -0.429. The Morgan fingerprint density at radius 1 is 1.00 bits per heavy atom. The lowest BCUT2D eigenvalue weighted by Gasteiger charge is -2.42. The third-order valence-electron chi connectivity index (χ3n) is 7.31. The number of hydrogen-bond donors (Lipinski definition) is 6. The van der Waals surface area contributed by atoms with Crippen LogP contribution in [0.15, 0.2) is 0 Å². The first-order valence-corrected chi connectivity index (χ1v) is 14.9. The van der Waals surface area contributed by atoms with E-state index in [-0.39, 0.29) is 30.6 Å². The summed E-state index contributed by atoms with van der Waals surface area (Å²) in [7, 11) is 0. The summed E-state index contributed by atoms with van der Waals surface area (Å²) in [4.78, 5) is 37.9. The van der Waals surface area contributed by atoms with E-state index in [1.165, 1.54) is 6.92 Å². The van der Waals surface area contributed by atoms with E-state index >= 15 is 0 Å². The van der Waals surface area contributed by atoms with Gasteiger partial charge in [-0.05, 0) is 46.0 Å².